The highest BCUT2D eigenvalue weighted by Crippen LogP contribution is 2.23. The van der Waals surface area contributed by atoms with E-state index in [-0.39, 0.29) is 5.97 Å². The molecule has 0 aliphatic rings. The minimum atomic E-state index is -0.240. The van der Waals surface area contributed by atoms with Crippen LogP contribution in [0.3, 0.4) is 0 Å². The second kappa shape index (κ2) is 3.53. The lowest BCUT2D eigenvalue weighted by Crippen LogP contribution is -1.99. The number of hydrogen-bond acceptors (Lipinski definition) is 3. The van der Waals surface area contributed by atoms with Crippen molar-refractivity contribution in [2.24, 2.45) is 0 Å². The van der Waals surface area contributed by atoms with Gasteiger partial charge in [0, 0.05) is 0 Å². The van der Waals surface area contributed by atoms with E-state index in [1.54, 1.807) is 0 Å². The van der Waals surface area contributed by atoms with Crippen molar-refractivity contribution in [2.45, 2.75) is 6.92 Å². The average molecular weight is 282 g/mol. The highest BCUT2D eigenvalue weighted by molar-refractivity contribution is 14.1. The van der Waals surface area contributed by atoms with Crippen molar-refractivity contribution >= 4 is 39.9 Å². The molecule has 0 radical (unpaired) electrons. The first-order valence-electron chi connectivity index (χ1n) is 2.99. The van der Waals surface area contributed by atoms with Crippen LogP contribution in [-0.4, -0.2) is 13.1 Å². The molecule has 0 aliphatic carbocycles. The van der Waals surface area contributed by atoms with Gasteiger partial charge in [0.15, 0.2) is 0 Å². The number of hydrogen-bond donors (Lipinski definition) is 0. The number of carbonyl (C=O) groups is 1. The van der Waals surface area contributed by atoms with Crippen molar-refractivity contribution in [3.05, 3.63) is 19.4 Å². The Morgan fingerprint density at radius 2 is 2.36 bits per heavy atom. The van der Waals surface area contributed by atoms with E-state index < -0.39 is 0 Å². The maximum atomic E-state index is 11.0. The third-order valence-corrected chi connectivity index (χ3v) is 3.24. The number of halogens is 1. The largest absolute Gasteiger partial charge is 0.465 e. The summed E-state index contributed by atoms with van der Waals surface area (Å²) < 4.78 is 5.71. The van der Waals surface area contributed by atoms with Gasteiger partial charge in [-0.2, -0.15) is 0 Å². The minimum Gasteiger partial charge on any atom is -0.465 e. The SMILES string of the molecule is COC(=O)c1sc(I)cc1C. The molecule has 4 heteroatoms. The quantitative estimate of drug-likeness (QED) is 0.584. The Morgan fingerprint density at radius 3 is 2.73 bits per heavy atom. The van der Waals surface area contributed by atoms with Crippen LogP contribution in [0.5, 0.6) is 0 Å². The second-order valence-corrected chi connectivity index (χ2v) is 5.00. The normalized spacial score (nSPS) is 9.73. The lowest BCUT2D eigenvalue weighted by molar-refractivity contribution is 0.0605. The Labute approximate surface area is 82.7 Å². The molecule has 2 nitrogen and oxygen atoms in total. The standard InChI is InChI=1S/C7H7IO2S/c1-4-3-5(8)11-6(4)7(9)10-2/h3H,1-2H3. The molecule has 0 unspecified atom stereocenters. The molecule has 0 spiro atoms. The summed E-state index contributed by atoms with van der Waals surface area (Å²) in [6.45, 7) is 1.91. The first-order valence-corrected chi connectivity index (χ1v) is 4.89. The molecule has 0 N–H and O–H groups in total. The highest BCUT2D eigenvalue weighted by atomic mass is 127. The van der Waals surface area contributed by atoms with Crippen molar-refractivity contribution in [3.8, 4) is 0 Å². The van der Waals surface area contributed by atoms with Crippen molar-refractivity contribution < 1.29 is 9.53 Å². The molecule has 0 fully saturated rings. The van der Waals surface area contributed by atoms with E-state index in [1.165, 1.54) is 18.4 Å². The van der Waals surface area contributed by atoms with E-state index in [4.69, 9.17) is 0 Å². The summed E-state index contributed by atoms with van der Waals surface area (Å²) in [6.07, 6.45) is 0. The molecule has 0 aliphatic heterocycles. The molecule has 1 aromatic heterocycles. The van der Waals surface area contributed by atoms with Gasteiger partial charge in [-0.15, -0.1) is 11.3 Å². The molecule has 11 heavy (non-hydrogen) atoms. The Kier molecular flexibility index (Phi) is 2.89. The molecule has 1 heterocycles. The third kappa shape index (κ3) is 1.93. The second-order valence-electron chi connectivity index (χ2n) is 2.05. The van der Waals surface area contributed by atoms with Gasteiger partial charge in [-0.3, -0.25) is 0 Å². The number of ether oxygens (including phenoxy) is 1. The molecule has 0 aromatic carbocycles. The van der Waals surface area contributed by atoms with Crippen LogP contribution in [0.2, 0.25) is 0 Å². The zero-order chi connectivity index (χ0) is 8.43. The molecule has 0 saturated carbocycles. The van der Waals surface area contributed by atoms with Crippen molar-refractivity contribution in [1.82, 2.24) is 0 Å². The Bertz CT molecular complexity index is 280. The number of methoxy groups -OCH3 is 1. The van der Waals surface area contributed by atoms with E-state index >= 15 is 0 Å². The first-order chi connectivity index (χ1) is 5.15. The summed E-state index contributed by atoms with van der Waals surface area (Å²) in [7, 11) is 1.40. The van der Waals surface area contributed by atoms with Gasteiger partial charge in [0.05, 0.1) is 9.99 Å². The van der Waals surface area contributed by atoms with E-state index in [0.29, 0.717) is 4.88 Å². The van der Waals surface area contributed by atoms with Crippen molar-refractivity contribution in [3.63, 3.8) is 0 Å². The van der Waals surface area contributed by atoms with E-state index in [9.17, 15) is 4.79 Å². The van der Waals surface area contributed by atoms with Crippen LogP contribution in [0, 0.1) is 9.81 Å². The highest BCUT2D eigenvalue weighted by Gasteiger charge is 2.11. The third-order valence-electron chi connectivity index (χ3n) is 1.26. The van der Waals surface area contributed by atoms with Crippen LogP contribution in [0.4, 0.5) is 0 Å². The molecule has 0 bridgehead atoms. The molecule has 0 atom stereocenters. The summed E-state index contributed by atoms with van der Waals surface area (Å²) in [5.74, 6) is -0.240. The van der Waals surface area contributed by atoms with E-state index in [2.05, 4.69) is 27.3 Å². The summed E-state index contributed by atoms with van der Waals surface area (Å²) in [5, 5.41) is 0. The van der Waals surface area contributed by atoms with Gasteiger partial charge in [-0.1, -0.05) is 0 Å². The monoisotopic (exact) mass is 282 g/mol. The predicted octanol–water partition coefficient (Wildman–Crippen LogP) is 2.45. The molecular formula is C7H7IO2S. The molecule has 60 valence electrons. The molecular weight excluding hydrogens is 275 g/mol. The Morgan fingerprint density at radius 1 is 1.73 bits per heavy atom. The van der Waals surface area contributed by atoms with Gasteiger partial charge in [0.2, 0.25) is 0 Å². The number of thiophene rings is 1. The smallest absolute Gasteiger partial charge is 0.348 e. The predicted molar refractivity (Wildman–Crippen MR) is 53.1 cm³/mol. The topological polar surface area (TPSA) is 26.3 Å². The number of esters is 1. The molecule has 0 saturated heterocycles. The summed E-state index contributed by atoms with van der Waals surface area (Å²) in [5.41, 5.74) is 0.992. The zero-order valence-electron chi connectivity index (χ0n) is 6.18. The fraction of sp³-hybridized carbons (Fsp3) is 0.286. The van der Waals surface area contributed by atoms with Crippen LogP contribution in [0.15, 0.2) is 6.07 Å². The van der Waals surface area contributed by atoms with Gasteiger partial charge < -0.3 is 4.74 Å². The lowest BCUT2D eigenvalue weighted by Gasteiger charge is -1.94. The van der Waals surface area contributed by atoms with Crippen LogP contribution in [0.1, 0.15) is 15.2 Å². The average Bonchev–Trinajstić information content (AvgIpc) is 2.28. The molecule has 0 amide bonds. The summed E-state index contributed by atoms with van der Waals surface area (Å²) in [4.78, 5) is 11.7. The number of carbonyl (C=O) groups excluding carboxylic acids is 1. The number of aryl methyl sites for hydroxylation is 1. The number of rotatable bonds is 1. The van der Waals surface area contributed by atoms with Crippen LogP contribution >= 0.6 is 33.9 Å². The van der Waals surface area contributed by atoms with Gasteiger partial charge in [0.25, 0.3) is 0 Å². The Balaban J connectivity index is 3.03. The maximum absolute atomic E-state index is 11.0. The van der Waals surface area contributed by atoms with E-state index in [0.717, 1.165) is 8.45 Å². The zero-order valence-corrected chi connectivity index (χ0v) is 9.15. The van der Waals surface area contributed by atoms with Crippen molar-refractivity contribution in [2.75, 3.05) is 7.11 Å². The first kappa shape index (κ1) is 8.99. The van der Waals surface area contributed by atoms with Gasteiger partial charge in [0.1, 0.15) is 4.88 Å². The maximum Gasteiger partial charge on any atom is 0.348 e. The van der Waals surface area contributed by atoms with Gasteiger partial charge >= 0.3 is 5.97 Å². The summed E-state index contributed by atoms with van der Waals surface area (Å²) >= 11 is 3.65. The van der Waals surface area contributed by atoms with Crippen molar-refractivity contribution in [1.29, 1.82) is 0 Å². The fourth-order valence-electron chi connectivity index (χ4n) is 0.739. The minimum absolute atomic E-state index is 0.240. The van der Waals surface area contributed by atoms with Gasteiger partial charge in [-0.25, -0.2) is 4.79 Å². The Hall–Kier alpha value is -0.100. The molecule has 1 aromatic rings. The molecule has 1 rings (SSSR count). The van der Waals surface area contributed by atoms with E-state index in [1.807, 2.05) is 13.0 Å². The van der Waals surface area contributed by atoms with Crippen LogP contribution in [0.25, 0.3) is 0 Å². The lowest BCUT2D eigenvalue weighted by atomic mass is 10.3. The fourth-order valence-corrected chi connectivity index (χ4v) is 2.68. The van der Waals surface area contributed by atoms with Crippen LogP contribution in [-0.2, 0) is 4.74 Å². The van der Waals surface area contributed by atoms with Gasteiger partial charge in [-0.05, 0) is 41.1 Å². The summed E-state index contributed by atoms with van der Waals surface area (Å²) in [6, 6.07) is 1.97. The van der Waals surface area contributed by atoms with Crippen LogP contribution < -0.4 is 0 Å².